The minimum Gasteiger partial charge on any atom is -0.310 e. The van der Waals surface area contributed by atoms with Crippen LogP contribution in [0.25, 0.3) is 0 Å². The molecule has 20 heavy (non-hydrogen) atoms. The van der Waals surface area contributed by atoms with Crippen molar-refractivity contribution >= 4 is 35.6 Å². The first-order chi connectivity index (χ1) is 9.13. The quantitative estimate of drug-likeness (QED) is 0.866. The SMILES string of the molecule is CC(c1ccc(Cl)cc1Cl)N1CCC2CCC(C1)N2.Cl. The number of rotatable bonds is 2. The first kappa shape index (κ1) is 16.4. The largest absolute Gasteiger partial charge is 0.310 e. The summed E-state index contributed by atoms with van der Waals surface area (Å²) in [6, 6.07) is 7.57. The highest BCUT2D eigenvalue weighted by Gasteiger charge is 2.31. The zero-order valence-electron chi connectivity index (χ0n) is 11.6. The van der Waals surface area contributed by atoms with Crippen molar-refractivity contribution in [2.75, 3.05) is 13.1 Å². The highest BCUT2D eigenvalue weighted by Crippen LogP contribution is 2.32. The minimum atomic E-state index is 0. The number of hydrogen-bond donors (Lipinski definition) is 1. The Morgan fingerprint density at radius 2 is 1.95 bits per heavy atom. The van der Waals surface area contributed by atoms with Gasteiger partial charge >= 0.3 is 0 Å². The van der Waals surface area contributed by atoms with Crippen LogP contribution in [0.3, 0.4) is 0 Å². The van der Waals surface area contributed by atoms with Gasteiger partial charge in [0.25, 0.3) is 0 Å². The van der Waals surface area contributed by atoms with Gasteiger partial charge in [0.15, 0.2) is 0 Å². The fraction of sp³-hybridized carbons (Fsp3) is 0.600. The zero-order chi connectivity index (χ0) is 13.4. The summed E-state index contributed by atoms with van der Waals surface area (Å²) in [5.74, 6) is 0. The van der Waals surface area contributed by atoms with Crippen LogP contribution in [-0.2, 0) is 0 Å². The molecule has 0 amide bonds. The molecule has 2 aliphatic heterocycles. The van der Waals surface area contributed by atoms with E-state index in [1.807, 2.05) is 12.1 Å². The molecule has 3 unspecified atom stereocenters. The molecule has 5 heteroatoms. The minimum absolute atomic E-state index is 0. The van der Waals surface area contributed by atoms with Crippen molar-refractivity contribution in [2.24, 2.45) is 0 Å². The maximum absolute atomic E-state index is 6.34. The lowest BCUT2D eigenvalue weighted by molar-refractivity contribution is 0.200. The van der Waals surface area contributed by atoms with Crippen LogP contribution in [0.1, 0.15) is 37.8 Å². The molecule has 0 aliphatic carbocycles. The van der Waals surface area contributed by atoms with Crippen LogP contribution in [0, 0.1) is 0 Å². The summed E-state index contributed by atoms with van der Waals surface area (Å²) >= 11 is 12.3. The third-order valence-electron chi connectivity index (χ3n) is 4.51. The van der Waals surface area contributed by atoms with Crippen molar-refractivity contribution in [2.45, 2.75) is 44.3 Å². The Morgan fingerprint density at radius 1 is 1.20 bits per heavy atom. The van der Waals surface area contributed by atoms with Crippen molar-refractivity contribution in [1.29, 1.82) is 0 Å². The van der Waals surface area contributed by atoms with Gasteiger partial charge in [-0.25, -0.2) is 0 Å². The molecule has 0 saturated carbocycles. The smallest absolute Gasteiger partial charge is 0.0468 e. The van der Waals surface area contributed by atoms with Gasteiger partial charge in [-0.2, -0.15) is 0 Å². The monoisotopic (exact) mass is 334 g/mol. The molecule has 3 rings (SSSR count). The fourth-order valence-corrected chi connectivity index (χ4v) is 3.93. The molecule has 0 radical (unpaired) electrons. The highest BCUT2D eigenvalue weighted by atomic mass is 35.5. The summed E-state index contributed by atoms with van der Waals surface area (Å²) in [5, 5.41) is 5.20. The molecule has 1 aromatic carbocycles. The number of fused-ring (bicyclic) bond motifs is 2. The standard InChI is InChI=1S/C15H20Cl2N2.ClH/c1-10(14-5-2-11(16)8-15(14)17)19-7-6-12-3-4-13(9-19)18-12;/h2,5,8,10,12-13,18H,3-4,6-7,9H2,1H3;1H. The van der Waals surface area contributed by atoms with Crippen LogP contribution < -0.4 is 5.32 Å². The van der Waals surface area contributed by atoms with E-state index in [1.165, 1.54) is 24.8 Å². The first-order valence-electron chi connectivity index (χ1n) is 7.08. The Morgan fingerprint density at radius 3 is 2.70 bits per heavy atom. The number of benzene rings is 1. The van der Waals surface area contributed by atoms with E-state index in [0.717, 1.165) is 24.2 Å². The molecule has 112 valence electrons. The number of hydrogen-bond acceptors (Lipinski definition) is 2. The van der Waals surface area contributed by atoms with E-state index in [1.54, 1.807) is 0 Å². The summed E-state index contributed by atoms with van der Waals surface area (Å²) in [7, 11) is 0. The lowest BCUT2D eigenvalue weighted by atomic mass is 10.0. The van der Waals surface area contributed by atoms with Crippen molar-refractivity contribution in [3.05, 3.63) is 33.8 Å². The maximum Gasteiger partial charge on any atom is 0.0468 e. The van der Waals surface area contributed by atoms with E-state index in [4.69, 9.17) is 23.2 Å². The summed E-state index contributed by atoms with van der Waals surface area (Å²) in [6.07, 6.45) is 3.89. The number of halogens is 3. The van der Waals surface area contributed by atoms with Crippen LogP contribution in [0.5, 0.6) is 0 Å². The van der Waals surface area contributed by atoms with E-state index in [2.05, 4.69) is 23.2 Å². The molecule has 2 nitrogen and oxygen atoms in total. The van der Waals surface area contributed by atoms with Crippen molar-refractivity contribution in [3.8, 4) is 0 Å². The van der Waals surface area contributed by atoms with Gasteiger partial charge < -0.3 is 5.32 Å². The van der Waals surface area contributed by atoms with Gasteiger partial charge in [-0.1, -0.05) is 29.3 Å². The van der Waals surface area contributed by atoms with E-state index >= 15 is 0 Å². The van der Waals surface area contributed by atoms with E-state index in [9.17, 15) is 0 Å². The summed E-state index contributed by atoms with van der Waals surface area (Å²) in [5.41, 5.74) is 1.18. The molecule has 0 spiro atoms. The molecule has 2 heterocycles. The molecule has 2 fully saturated rings. The average molecular weight is 336 g/mol. The fourth-order valence-electron chi connectivity index (χ4n) is 3.36. The molecule has 0 aromatic heterocycles. The van der Waals surface area contributed by atoms with Crippen LogP contribution in [-0.4, -0.2) is 30.1 Å². The zero-order valence-corrected chi connectivity index (χ0v) is 13.9. The Hall–Kier alpha value is 0.01000. The Bertz CT molecular complexity index is 466. The second-order valence-corrected chi connectivity index (χ2v) is 6.61. The lowest BCUT2D eigenvalue weighted by Gasteiger charge is -2.31. The Kier molecular flexibility index (Phi) is 5.61. The van der Waals surface area contributed by atoms with Crippen molar-refractivity contribution in [1.82, 2.24) is 10.2 Å². The Labute approximate surface area is 137 Å². The summed E-state index contributed by atoms with van der Waals surface area (Å²) in [4.78, 5) is 2.55. The van der Waals surface area contributed by atoms with Gasteiger partial charge in [0.1, 0.15) is 0 Å². The summed E-state index contributed by atoms with van der Waals surface area (Å²) in [6.45, 7) is 4.51. The van der Waals surface area contributed by atoms with E-state index in [-0.39, 0.29) is 12.4 Å². The third-order valence-corrected chi connectivity index (χ3v) is 5.08. The van der Waals surface area contributed by atoms with E-state index < -0.39 is 0 Å². The predicted octanol–water partition coefficient (Wildman–Crippen LogP) is 4.30. The lowest BCUT2D eigenvalue weighted by Crippen LogP contribution is -2.36. The van der Waals surface area contributed by atoms with E-state index in [0.29, 0.717) is 17.1 Å². The molecule has 1 aromatic rings. The van der Waals surface area contributed by atoms with Crippen LogP contribution in [0.2, 0.25) is 10.0 Å². The van der Waals surface area contributed by atoms with Crippen molar-refractivity contribution in [3.63, 3.8) is 0 Å². The molecule has 2 saturated heterocycles. The second-order valence-electron chi connectivity index (χ2n) is 5.76. The maximum atomic E-state index is 6.34. The number of nitrogens with zero attached hydrogens (tertiary/aromatic N) is 1. The number of nitrogens with one attached hydrogen (secondary N) is 1. The van der Waals surface area contributed by atoms with Crippen LogP contribution >= 0.6 is 35.6 Å². The summed E-state index contributed by atoms with van der Waals surface area (Å²) < 4.78 is 0. The van der Waals surface area contributed by atoms with Gasteiger partial charge in [-0.05, 0) is 43.9 Å². The van der Waals surface area contributed by atoms with Crippen molar-refractivity contribution < 1.29 is 0 Å². The van der Waals surface area contributed by atoms with Gasteiger partial charge in [-0.15, -0.1) is 12.4 Å². The van der Waals surface area contributed by atoms with Gasteiger partial charge in [0.05, 0.1) is 0 Å². The molecule has 2 bridgehead atoms. The van der Waals surface area contributed by atoms with Gasteiger partial charge in [-0.3, -0.25) is 4.90 Å². The second kappa shape index (κ2) is 6.85. The molecule has 2 aliphatic rings. The molecular weight excluding hydrogens is 315 g/mol. The number of likely N-dealkylation sites (tertiary alicyclic amines) is 1. The first-order valence-corrected chi connectivity index (χ1v) is 7.84. The molecule has 3 atom stereocenters. The highest BCUT2D eigenvalue weighted by molar-refractivity contribution is 6.35. The normalized spacial score (nSPS) is 27.8. The van der Waals surface area contributed by atoms with Crippen LogP contribution in [0.4, 0.5) is 0 Å². The molecular formula is C15H21Cl3N2. The van der Waals surface area contributed by atoms with Gasteiger partial charge in [0.2, 0.25) is 0 Å². The third kappa shape index (κ3) is 3.42. The average Bonchev–Trinajstić information content (AvgIpc) is 2.68. The van der Waals surface area contributed by atoms with Gasteiger partial charge in [0, 0.05) is 41.3 Å². The predicted molar refractivity (Wildman–Crippen MR) is 88.3 cm³/mol. The molecule has 1 N–H and O–H groups in total. The van der Waals surface area contributed by atoms with Crippen LogP contribution in [0.15, 0.2) is 18.2 Å². The Balaban J connectivity index is 0.00000147. The topological polar surface area (TPSA) is 15.3 Å².